The second-order valence-electron chi connectivity index (χ2n) is 6.50. The highest BCUT2D eigenvalue weighted by Crippen LogP contribution is 2.21. The van der Waals surface area contributed by atoms with E-state index in [4.69, 9.17) is 9.47 Å². The van der Waals surface area contributed by atoms with E-state index >= 15 is 0 Å². The monoisotopic (exact) mass is 355 g/mol. The second kappa shape index (κ2) is 9.04. The quantitative estimate of drug-likeness (QED) is 0.715. The molecule has 0 saturated heterocycles. The van der Waals surface area contributed by atoms with Gasteiger partial charge in [-0.1, -0.05) is 42.5 Å². The van der Waals surface area contributed by atoms with Gasteiger partial charge in [-0.25, -0.2) is 0 Å². The lowest BCUT2D eigenvalue weighted by molar-refractivity contribution is -0.159. The van der Waals surface area contributed by atoms with Crippen molar-refractivity contribution in [1.29, 1.82) is 0 Å². The smallest absolute Gasteiger partial charge is 0.311 e. The molecule has 0 fully saturated rings. The topological polar surface area (TPSA) is 55.8 Å². The number of carbonyl (C=O) groups is 2. The highest BCUT2D eigenvalue weighted by atomic mass is 16.5. The Balaban J connectivity index is 2.11. The predicted molar refractivity (Wildman–Crippen MR) is 99.9 cm³/mol. The van der Waals surface area contributed by atoms with Gasteiger partial charge in [0.15, 0.2) is 0 Å². The van der Waals surface area contributed by atoms with Crippen LogP contribution in [0.2, 0.25) is 0 Å². The maximum absolute atomic E-state index is 12.4. The van der Waals surface area contributed by atoms with Gasteiger partial charge in [-0.3, -0.25) is 9.59 Å². The van der Waals surface area contributed by atoms with Crippen LogP contribution in [-0.4, -0.2) is 37.0 Å². The number of benzene rings is 2. The van der Waals surface area contributed by atoms with Crippen LogP contribution in [0.25, 0.3) is 0 Å². The van der Waals surface area contributed by atoms with Crippen molar-refractivity contribution < 1.29 is 19.1 Å². The SMILES string of the molecule is CC(C)Oc1cccc(CC(=O)OC(C(=O)N(C)C)c2ccccc2)c1. The first kappa shape index (κ1) is 19.5. The molecule has 138 valence electrons. The molecule has 0 aliphatic carbocycles. The van der Waals surface area contributed by atoms with Crippen LogP contribution in [-0.2, 0) is 20.7 Å². The molecule has 0 heterocycles. The van der Waals surface area contributed by atoms with Gasteiger partial charge in [0.1, 0.15) is 5.75 Å². The Morgan fingerprint density at radius 1 is 1.00 bits per heavy atom. The van der Waals surface area contributed by atoms with Crippen molar-refractivity contribution in [3.63, 3.8) is 0 Å². The molecule has 0 aliphatic heterocycles. The fourth-order valence-corrected chi connectivity index (χ4v) is 2.46. The summed E-state index contributed by atoms with van der Waals surface area (Å²) in [5.41, 5.74) is 1.42. The molecule has 26 heavy (non-hydrogen) atoms. The molecule has 5 heteroatoms. The third kappa shape index (κ3) is 5.62. The Hall–Kier alpha value is -2.82. The molecule has 0 aliphatic rings. The summed E-state index contributed by atoms with van der Waals surface area (Å²) in [7, 11) is 3.28. The van der Waals surface area contributed by atoms with Crippen LogP contribution in [0.4, 0.5) is 0 Å². The molecule has 1 amide bonds. The van der Waals surface area contributed by atoms with Crippen LogP contribution >= 0.6 is 0 Å². The van der Waals surface area contributed by atoms with E-state index in [1.807, 2.05) is 56.3 Å². The number of hydrogen-bond acceptors (Lipinski definition) is 4. The number of likely N-dealkylation sites (N-methyl/N-ethyl adjacent to an activating group) is 1. The van der Waals surface area contributed by atoms with Crippen molar-refractivity contribution in [3.05, 3.63) is 65.7 Å². The van der Waals surface area contributed by atoms with Crippen molar-refractivity contribution >= 4 is 11.9 Å². The molecule has 0 radical (unpaired) electrons. The third-order valence-corrected chi connectivity index (χ3v) is 3.64. The first-order valence-electron chi connectivity index (χ1n) is 8.58. The van der Waals surface area contributed by atoms with Gasteiger partial charge in [0.25, 0.3) is 5.91 Å². The molecule has 5 nitrogen and oxygen atoms in total. The van der Waals surface area contributed by atoms with Crippen LogP contribution in [0.5, 0.6) is 5.75 Å². The van der Waals surface area contributed by atoms with E-state index in [9.17, 15) is 9.59 Å². The molecule has 0 saturated carbocycles. The summed E-state index contributed by atoms with van der Waals surface area (Å²) in [5.74, 6) is -0.0357. The number of nitrogens with zero attached hydrogens (tertiary/aromatic N) is 1. The van der Waals surface area contributed by atoms with Crippen molar-refractivity contribution in [2.45, 2.75) is 32.5 Å². The Morgan fingerprint density at radius 2 is 1.69 bits per heavy atom. The van der Waals surface area contributed by atoms with Gasteiger partial charge in [-0.05, 0) is 31.5 Å². The zero-order valence-electron chi connectivity index (χ0n) is 15.6. The molecule has 2 aromatic carbocycles. The van der Waals surface area contributed by atoms with Crippen LogP contribution in [0, 0.1) is 0 Å². The lowest BCUT2D eigenvalue weighted by Crippen LogP contribution is -2.31. The Labute approximate surface area is 154 Å². The van der Waals surface area contributed by atoms with E-state index in [0.717, 1.165) is 5.56 Å². The molecule has 0 N–H and O–H groups in total. The Bertz CT molecular complexity index is 741. The lowest BCUT2D eigenvalue weighted by atomic mass is 10.1. The maximum Gasteiger partial charge on any atom is 0.311 e. The summed E-state index contributed by atoms with van der Waals surface area (Å²) in [5, 5.41) is 0. The molecule has 1 unspecified atom stereocenters. The van der Waals surface area contributed by atoms with Gasteiger partial charge in [0.2, 0.25) is 6.10 Å². The normalized spacial score (nSPS) is 11.7. The number of carbonyl (C=O) groups excluding carboxylic acids is 2. The summed E-state index contributed by atoms with van der Waals surface area (Å²) in [6, 6.07) is 16.3. The highest BCUT2D eigenvalue weighted by Gasteiger charge is 2.26. The molecule has 2 aromatic rings. The van der Waals surface area contributed by atoms with Crippen LogP contribution in [0.1, 0.15) is 31.1 Å². The van der Waals surface area contributed by atoms with Crippen molar-refractivity contribution in [2.24, 2.45) is 0 Å². The molecule has 0 aromatic heterocycles. The van der Waals surface area contributed by atoms with E-state index in [0.29, 0.717) is 11.3 Å². The molecule has 0 bridgehead atoms. The third-order valence-electron chi connectivity index (χ3n) is 3.64. The molecule has 1 atom stereocenters. The first-order chi connectivity index (χ1) is 12.4. The van der Waals surface area contributed by atoms with Crippen LogP contribution in [0.15, 0.2) is 54.6 Å². The van der Waals surface area contributed by atoms with E-state index in [2.05, 4.69) is 0 Å². The standard InChI is InChI=1S/C21H25NO4/c1-15(2)25-18-12-8-9-16(13-18)14-19(23)26-20(21(24)22(3)4)17-10-6-5-7-11-17/h5-13,15,20H,14H2,1-4H3. The summed E-state index contributed by atoms with van der Waals surface area (Å²) >= 11 is 0. The average Bonchev–Trinajstić information content (AvgIpc) is 2.59. The lowest BCUT2D eigenvalue weighted by Gasteiger charge is -2.21. The van der Waals surface area contributed by atoms with Gasteiger partial charge >= 0.3 is 5.97 Å². The predicted octanol–water partition coefficient (Wildman–Crippen LogP) is 3.39. The Kier molecular flexibility index (Phi) is 6.78. The minimum absolute atomic E-state index is 0.0531. The summed E-state index contributed by atoms with van der Waals surface area (Å²) in [4.78, 5) is 26.3. The number of ether oxygens (including phenoxy) is 2. The van der Waals surface area contributed by atoms with Crippen LogP contribution < -0.4 is 4.74 Å². The minimum atomic E-state index is -0.950. The summed E-state index contributed by atoms with van der Waals surface area (Å²) in [6.45, 7) is 3.89. The number of esters is 1. The van der Waals surface area contributed by atoms with Crippen LogP contribution in [0.3, 0.4) is 0 Å². The molecule has 0 spiro atoms. The zero-order chi connectivity index (χ0) is 19.1. The minimum Gasteiger partial charge on any atom is -0.491 e. The fraction of sp³-hybridized carbons (Fsp3) is 0.333. The molecule has 2 rings (SSSR count). The maximum atomic E-state index is 12.4. The first-order valence-corrected chi connectivity index (χ1v) is 8.58. The van der Waals surface area contributed by atoms with E-state index < -0.39 is 12.1 Å². The van der Waals surface area contributed by atoms with Gasteiger partial charge in [-0.2, -0.15) is 0 Å². The van der Waals surface area contributed by atoms with E-state index in [-0.39, 0.29) is 18.4 Å². The average molecular weight is 355 g/mol. The molecular weight excluding hydrogens is 330 g/mol. The number of hydrogen-bond donors (Lipinski definition) is 0. The summed E-state index contributed by atoms with van der Waals surface area (Å²) < 4.78 is 11.2. The van der Waals surface area contributed by atoms with Gasteiger partial charge in [0, 0.05) is 19.7 Å². The zero-order valence-corrected chi connectivity index (χ0v) is 15.6. The van der Waals surface area contributed by atoms with Crippen molar-refractivity contribution in [1.82, 2.24) is 4.90 Å². The van der Waals surface area contributed by atoms with Gasteiger partial charge < -0.3 is 14.4 Å². The van der Waals surface area contributed by atoms with Crippen molar-refractivity contribution in [2.75, 3.05) is 14.1 Å². The van der Waals surface area contributed by atoms with E-state index in [1.54, 1.807) is 26.2 Å². The number of rotatable bonds is 7. The number of amides is 1. The molecular formula is C21H25NO4. The fourth-order valence-electron chi connectivity index (χ4n) is 2.46. The highest BCUT2D eigenvalue weighted by molar-refractivity contribution is 5.85. The largest absolute Gasteiger partial charge is 0.491 e. The van der Waals surface area contributed by atoms with Gasteiger partial charge in [0.05, 0.1) is 12.5 Å². The second-order valence-corrected chi connectivity index (χ2v) is 6.50. The van der Waals surface area contributed by atoms with Crippen molar-refractivity contribution in [3.8, 4) is 5.75 Å². The van der Waals surface area contributed by atoms with E-state index in [1.165, 1.54) is 4.90 Å². The van der Waals surface area contributed by atoms with Gasteiger partial charge in [-0.15, -0.1) is 0 Å². The Morgan fingerprint density at radius 3 is 2.31 bits per heavy atom. The summed E-state index contributed by atoms with van der Waals surface area (Å²) in [6.07, 6.45) is -0.828.